The second-order valence-electron chi connectivity index (χ2n) is 9.92. The van der Waals surface area contributed by atoms with E-state index >= 15 is 0 Å². The number of amides is 1. The molecule has 8 nitrogen and oxygen atoms in total. The second-order valence-corrected chi connectivity index (χ2v) is 11.9. The van der Waals surface area contributed by atoms with Crippen molar-refractivity contribution in [2.24, 2.45) is 11.8 Å². The third-order valence-electron chi connectivity index (χ3n) is 7.00. The number of aliphatic hydroxyl groups is 1. The minimum atomic E-state index is -3.71. The molecule has 1 aromatic rings. The average molecular weight is 548 g/mol. The molecule has 0 aromatic heterocycles. The minimum absolute atomic E-state index is 0.107. The van der Waals surface area contributed by atoms with Crippen LogP contribution < -0.4 is 15.4 Å². The molecule has 1 atom stereocenters. The van der Waals surface area contributed by atoms with Crippen molar-refractivity contribution in [2.45, 2.75) is 71.6 Å². The quantitative estimate of drug-likeness (QED) is 0.257. The highest BCUT2D eigenvalue weighted by atomic mass is 32.2. The van der Waals surface area contributed by atoms with E-state index in [2.05, 4.69) is 37.6 Å². The fourth-order valence-corrected chi connectivity index (χ4v) is 5.93. The van der Waals surface area contributed by atoms with Gasteiger partial charge in [-0.15, -0.1) is 0 Å². The number of nitrogens with one attached hydrogen (secondary N) is 2. The third-order valence-corrected chi connectivity index (χ3v) is 8.83. The van der Waals surface area contributed by atoms with E-state index in [0.29, 0.717) is 43.1 Å². The summed E-state index contributed by atoms with van der Waals surface area (Å²) in [6.07, 6.45) is 3.96. The molecule has 1 aliphatic rings. The first kappa shape index (κ1) is 31.6. The molecule has 1 amide bonds. The number of hydrogen-bond donors (Lipinski definition) is 3. The van der Waals surface area contributed by atoms with Gasteiger partial charge in [-0.1, -0.05) is 40.3 Å². The van der Waals surface area contributed by atoms with E-state index in [1.54, 1.807) is 6.07 Å². The maximum atomic E-state index is 13.4. The monoisotopic (exact) mass is 547 g/mol. The number of aliphatic hydroxyl groups excluding tert-OH is 1. The fourth-order valence-electron chi connectivity index (χ4n) is 4.31. The van der Waals surface area contributed by atoms with Gasteiger partial charge in [-0.05, 0) is 75.1 Å². The van der Waals surface area contributed by atoms with Crippen molar-refractivity contribution >= 4 is 21.6 Å². The number of allylic oxidation sites excluding steroid dienone is 2. The van der Waals surface area contributed by atoms with Crippen molar-refractivity contribution in [1.29, 1.82) is 0 Å². The standard InChI is InChI=1S/C29H45N3O5S/c1-8-12-21(5)30-28(22(6)20(4)9-2)29(34)31-23(7)26-17-25(14-15-27(26)37-10-3)38(35,36)32-18-24(19-32)13-11-16-33/h14-15,17,20,24,30,33H,5,7-13,16,18-19H2,1-4,6H3,(H,31,34)/b28-22-. The molecule has 1 aliphatic heterocycles. The van der Waals surface area contributed by atoms with Gasteiger partial charge >= 0.3 is 0 Å². The van der Waals surface area contributed by atoms with Gasteiger partial charge < -0.3 is 20.5 Å². The molecule has 1 aromatic carbocycles. The molecule has 1 saturated heterocycles. The molecular weight excluding hydrogens is 502 g/mol. The van der Waals surface area contributed by atoms with Crippen molar-refractivity contribution in [2.75, 3.05) is 26.3 Å². The van der Waals surface area contributed by atoms with Crippen LogP contribution in [0.5, 0.6) is 5.75 Å². The van der Waals surface area contributed by atoms with E-state index in [1.165, 1.54) is 16.4 Å². The van der Waals surface area contributed by atoms with E-state index in [9.17, 15) is 13.2 Å². The van der Waals surface area contributed by atoms with Crippen LogP contribution in [0.25, 0.3) is 5.70 Å². The molecule has 0 saturated carbocycles. The highest BCUT2D eigenvalue weighted by Gasteiger charge is 2.36. The zero-order chi connectivity index (χ0) is 28.5. The number of hydrogen-bond acceptors (Lipinski definition) is 6. The summed E-state index contributed by atoms with van der Waals surface area (Å²) < 4.78 is 33.7. The predicted octanol–water partition coefficient (Wildman–Crippen LogP) is 4.79. The molecule has 0 radical (unpaired) electrons. The Morgan fingerprint density at radius 1 is 1.21 bits per heavy atom. The van der Waals surface area contributed by atoms with Crippen LogP contribution in [0.2, 0.25) is 0 Å². The Morgan fingerprint density at radius 3 is 2.47 bits per heavy atom. The molecule has 0 bridgehead atoms. The van der Waals surface area contributed by atoms with E-state index in [0.717, 1.165) is 37.0 Å². The Labute approximate surface area is 228 Å². The SMILES string of the molecule is C=C(CCC)N/C(C(=O)NC(=C)c1cc(S(=O)(=O)N2CC(CCCO)C2)ccc1OCC)=C(/C)C(C)CC. The summed E-state index contributed by atoms with van der Waals surface area (Å²) in [6, 6.07) is 4.64. The number of carbonyl (C=O) groups excluding carboxylic acids is 1. The van der Waals surface area contributed by atoms with Crippen molar-refractivity contribution in [3.05, 3.63) is 53.9 Å². The Kier molecular flexibility index (Phi) is 12.1. The lowest BCUT2D eigenvalue weighted by Crippen LogP contribution is -2.49. The van der Waals surface area contributed by atoms with Gasteiger partial charge in [-0.3, -0.25) is 4.79 Å². The second kappa shape index (κ2) is 14.5. The lowest BCUT2D eigenvalue weighted by Gasteiger charge is -2.38. The summed E-state index contributed by atoms with van der Waals surface area (Å²) in [7, 11) is -3.71. The Hall–Kier alpha value is -2.62. The largest absolute Gasteiger partial charge is 0.493 e. The van der Waals surface area contributed by atoms with Crippen LogP contribution in [-0.2, 0) is 14.8 Å². The van der Waals surface area contributed by atoms with Gasteiger partial charge in [0, 0.05) is 36.7 Å². The highest BCUT2D eigenvalue weighted by molar-refractivity contribution is 7.89. The molecule has 1 unspecified atom stereocenters. The first-order chi connectivity index (χ1) is 18.0. The molecule has 0 spiro atoms. The van der Waals surface area contributed by atoms with Crippen molar-refractivity contribution < 1.29 is 23.1 Å². The molecule has 212 valence electrons. The van der Waals surface area contributed by atoms with E-state index < -0.39 is 10.0 Å². The summed E-state index contributed by atoms with van der Waals surface area (Å²) in [6.45, 7) is 19.4. The zero-order valence-corrected chi connectivity index (χ0v) is 24.4. The van der Waals surface area contributed by atoms with E-state index in [1.807, 2.05) is 20.8 Å². The summed E-state index contributed by atoms with van der Waals surface area (Å²) in [5.41, 5.74) is 2.74. The molecule has 1 heterocycles. The number of carbonyl (C=O) groups is 1. The zero-order valence-electron chi connectivity index (χ0n) is 23.6. The van der Waals surface area contributed by atoms with Crippen molar-refractivity contribution in [3.63, 3.8) is 0 Å². The first-order valence-electron chi connectivity index (χ1n) is 13.5. The van der Waals surface area contributed by atoms with Gasteiger partial charge in [-0.2, -0.15) is 4.31 Å². The lowest BCUT2D eigenvalue weighted by molar-refractivity contribution is -0.116. The maximum Gasteiger partial charge on any atom is 0.272 e. The number of nitrogens with zero attached hydrogens (tertiary/aromatic N) is 1. The summed E-state index contributed by atoms with van der Waals surface area (Å²) in [5.74, 6) is 0.502. The Morgan fingerprint density at radius 2 is 1.89 bits per heavy atom. The van der Waals surface area contributed by atoms with Crippen LogP contribution >= 0.6 is 0 Å². The molecule has 38 heavy (non-hydrogen) atoms. The van der Waals surface area contributed by atoms with E-state index in [4.69, 9.17) is 9.84 Å². The van der Waals surface area contributed by atoms with E-state index in [-0.39, 0.29) is 34.9 Å². The smallest absolute Gasteiger partial charge is 0.272 e. The molecule has 9 heteroatoms. The van der Waals surface area contributed by atoms with Crippen LogP contribution in [0.3, 0.4) is 0 Å². The van der Waals surface area contributed by atoms with Crippen molar-refractivity contribution in [1.82, 2.24) is 14.9 Å². The average Bonchev–Trinajstić information content (AvgIpc) is 2.85. The fraction of sp³-hybridized carbons (Fsp3) is 0.552. The number of rotatable bonds is 16. The van der Waals surface area contributed by atoms with Gasteiger partial charge in [0.15, 0.2) is 0 Å². The number of sulfonamides is 1. The number of ether oxygens (including phenoxy) is 1. The van der Waals surface area contributed by atoms with Gasteiger partial charge in [0.25, 0.3) is 5.91 Å². The molecule has 3 N–H and O–H groups in total. The van der Waals surface area contributed by atoms with Crippen LogP contribution in [0, 0.1) is 11.8 Å². The normalized spacial score (nSPS) is 15.7. The molecule has 1 fully saturated rings. The maximum absolute atomic E-state index is 13.4. The predicted molar refractivity (Wildman–Crippen MR) is 153 cm³/mol. The van der Waals surface area contributed by atoms with Gasteiger partial charge in [-0.25, -0.2) is 8.42 Å². The van der Waals surface area contributed by atoms with Crippen LogP contribution in [0.1, 0.15) is 72.3 Å². The molecule has 2 rings (SSSR count). The first-order valence-corrected chi connectivity index (χ1v) is 15.0. The van der Waals surface area contributed by atoms with Crippen LogP contribution in [-0.4, -0.2) is 50.0 Å². The van der Waals surface area contributed by atoms with Crippen molar-refractivity contribution in [3.8, 4) is 5.75 Å². The highest BCUT2D eigenvalue weighted by Crippen LogP contribution is 2.32. The van der Waals surface area contributed by atoms with Gasteiger partial charge in [0.05, 0.1) is 11.5 Å². The molecule has 0 aliphatic carbocycles. The minimum Gasteiger partial charge on any atom is -0.493 e. The summed E-state index contributed by atoms with van der Waals surface area (Å²) >= 11 is 0. The van der Waals surface area contributed by atoms with Crippen LogP contribution in [0.15, 0.2) is 53.2 Å². The summed E-state index contributed by atoms with van der Waals surface area (Å²) in [5, 5.41) is 15.1. The van der Waals surface area contributed by atoms with Gasteiger partial charge in [0.1, 0.15) is 11.4 Å². The number of benzene rings is 1. The Balaban J connectivity index is 2.33. The van der Waals surface area contributed by atoms with Crippen LogP contribution in [0.4, 0.5) is 0 Å². The molecular formula is C29H45N3O5S. The topological polar surface area (TPSA) is 108 Å². The Bertz CT molecular complexity index is 1140. The summed E-state index contributed by atoms with van der Waals surface area (Å²) in [4.78, 5) is 13.6. The third kappa shape index (κ3) is 7.94. The van der Waals surface area contributed by atoms with Gasteiger partial charge in [0.2, 0.25) is 10.0 Å². The lowest BCUT2D eigenvalue weighted by atomic mass is 9.97.